The van der Waals surface area contributed by atoms with E-state index in [0.29, 0.717) is 17.8 Å². The first kappa shape index (κ1) is 20.5. The maximum atomic E-state index is 13.8. The van der Waals surface area contributed by atoms with Crippen LogP contribution in [0.2, 0.25) is 0 Å². The summed E-state index contributed by atoms with van der Waals surface area (Å²) < 4.78 is 2.50. The van der Waals surface area contributed by atoms with Gasteiger partial charge in [0, 0.05) is 17.8 Å². The van der Waals surface area contributed by atoms with Gasteiger partial charge in [0.15, 0.2) is 0 Å². The monoisotopic (exact) mass is 463 g/mol. The molecular formula is C27H21N5OS. The van der Waals surface area contributed by atoms with Gasteiger partial charge in [-0.3, -0.25) is 4.79 Å². The molecule has 6 nitrogen and oxygen atoms in total. The zero-order valence-electron chi connectivity index (χ0n) is 18.4. The highest BCUT2D eigenvalue weighted by atomic mass is 32.1. The summed E-state index contributed by atoms with van der Waals surface area (Å²) in [4.78, 5) is 21.8. The molecule has 0 bridgehead atoms. The zero-order chi connectivity index (χ0) is 23.2. The standard InChI is InChI=1S/C27H21N5OS/c1-16-23(19-12-13-20-21(14-19)34-22(15-28)30-20)27(33)32-26(29-16)24(17-8-4-2-5-9-17)25(31-32)18-10-6-3-7-11-18/h2-14,29H,15,28H2,1H3. The topological polar surface area (TPSA) is 89.1 Å². The fourth-order valence-corrected chi connectivity index (χ4v) is 5.30. The van der Waals surface area contributed by atoms with E-state index >= 15 is 0 Å². The third-order valence-corrected chi connectivity index (χ3v) is 7.02. The largest absolute Gasteiger partial charge is 0.343 e. The summed E-state index contributed by atoms with van der Waals surface area (Å²) in [5.41, 5.74) is 13.0. The first-order chi connectivity index (χ1) is 16.6. The summed E-state index contributed by atoms with van der Waals surface area (Å²) in [5.74, 6) is 0. The number of aromatic amines is 1. The van der Waals surface area contributed by atoms with Crippen molar-refractivity contribution in [3.8, 4) is 33.5 Å². The molecule has 0 spiro atoms. The lowest BCUT2D eigenvalue weighted by atomic mass is 10.0. The molecule has 7 heteroatoms. The molecule has 6 aromatic rings. The van der Waals surface area contributed by atoms with Crippen molar-refractivity contribution in [1.29, 1.82) is 0 Å². The minimum absolute atomic E-state index is 0.159. The highest BCUT2D eigenvalue weighted by molar-refractivity contribution is 7.18. The summed E-state index contributed by atoms with van der Waals surface area (Å²) in [7, 11) is 0. The van der Waals surface area contributed by atoms with Crippen LogP contribution >= 0.6 is 11.3 Å². The van der Waals surface area contributed by atoms with Crippen molar-refractivity contribution in [3.05, 3.63) is 99.9 Å². The lowest BCUT2D eigenvalue weighted by Gasteiger charge is -2.08. The van der Waals surface area contributed by atoms with Gasteiger partial charge in [-0.1, -0.05) is 66.7 Å². The molecule has 0 aliphatic heterocycles. The van der Waals surface area contributed by atoms with Crippen LogP contribution in [0.1, 0.15) is 10.7 Å². The van der Waals surface area contributed by atoms with Gasteiger partial charge in [0.2, 0.25) is 0 Å². The minimum atomic E-state index is -0.159. The highest BCUT2D eigenvalue weighted by Crippen LogP contribution is 2.35. The summed E-state index contributed by atoms with van der Waals surface area (Å²) in [6.07, 6.45) is 0. The van der Waals surface area contributed by atoms with E-state index in [9.17, 15) is 4.79 Å². The van der Waals surface area contributed by atoms with Crippen molar-refractivity contribution >= 4 is 27.2 Å². The smallest absolute Gasteiger partial charge is 0.282 e. The Morgan fingerprint density at radius 1 is 0.912 bits per heavy atom. The number of nitrogens with zero attached hydrogens (tertiary/aromatic N) is 3. The van der Waals surface area contributed by atoms with E-state index < -0.39 is 0 Å². The van der Waals surface area contributed by atoms with Gasteiger partial charge in [0.05, 0.1) is 21.3 Å². The number of hydrogen-bond donors (Lipinski definition) is 2. The Labute approximate surface area is 199 Å². The van der Waals surface area contributed by atoms with E-state index in [0.717, 1.165) is 48.9 Å². The van der Waals surface area contributed by atoms with Gasteiger partial charge in [-0.2, -0.15) is 9.61 Å². The predicted molar refractivity (Wildman–Crippen MR) is 138 cm³/mol. The van der Waals surface area contributed by atoms with Crippen LogP contribution < -0.4 is 11.3 Å². The molecule has 166 valence electrons. The van der Waals surface area contributed by atoms with Gasteiger partial charge >= 0.3 is 0 Å². The van der Waals surface area contributed by atoms with E-state index in [1.54, 1.807) is 11.3 Å². The molecule has 3 aromatic carbocycles. The fourth-order valence-electron chi connectivity index (χ4n) is 4.42. The van der Waals surface area contributed by atoms with Crippen LogP contribution in [0.25, 0.3) is 49.4 Å². The van der Waals surface area contributed by atoms with Gasteiger partial charge in [-0.15, -0.1) is 11.3 Å². The lowest BCUT2D eigenvalue weighted by molar-refractivity contribution is 0.897. The normalized spacial score (nSPS) is 11.5. The van der Waals surface area contributed by atoms with Crippen LogP contribution in [0.3, 0.4) is 0 Å². The molecule has 0 saturated heterocycles. The molecule has 0 atom stereocenters. The van der Waals surface area contributed by atoms with E-state index in [1.165, 1.54) is 4.52 Å². The van der Waals surface area contributed by atoms with Crippen molar-refractivity contribution in [3.63, 3.8) is 0 Å². The first-order valence-electron chi connectivity index (χ1n) is 11.0. The SMILES string of the molecule is Cc1[nH]c2c(-c3ccccc3)c(-c3ccccc3)nn2c(=O)c1-c1ccc2nc(CN)sc2c1. The molecule has 3 heterocycles. The third-order valence-electron chi connectivity index (χ3n) is 5.98. The Balaban J connectivity index is 1.63. The molecule has 0 saturated carbocycles. The minimum Gasteiger partial charge on any atom is -0.343 e. The van der Waals surface area contributed by atoms with Crippen molar-refractivity contribution in [2.45, 2.75) is 13.5 Å². The molecule has 0 aliphatic carbocycles. The average Bonchev–Trinajstić information content (AvgIpc) is 3.46. The number of H-pyrrole nitrogens is 1. The van der Waals surface area contributed by atoms with Crippen LogP contribution in [0.5, 0.6) is 0 Å². The number of aromatic nitrogens is 4. The predicted octanol–water partition coefficient (Wildman–Crippen LogP) is 5.40. The Morgan fingerprint density at radius 3 is 2.32 bits per heavy atom. The maximum absolute atomic E-state index is 13.8. The number of aryl methyl sites for hydroxylation is 1. The van der Waals surface area contributed by atoms with E-state index in [1.807, 2.05) is 85.8 Å². The number of nitrogens with two attached hydrogens (primary N) is 1. The molecule has 34 heavy (non-hydrogen) atoms. The van der Waals surface area contributed by atoms with Crippen LogP contribution in [-0.2, 0) is 6.54 Å². The van der Waals surface area contributed by atoms with E-state index in [2.05, 4.69) is 9.97 Å². The highest BCUT2D eigenvalue weighted by Gasteiger charge is 2.21. The molecule has 6 rings (SSSR count). The number of nitrogens with one attached hydrogen (secondary N) is 1. The molecule has 0 amide bonds. The van der Waals surface area contributed by atoms with E-state index in [4.69, 9.17) is 10.8 Å². The second-order valence-electron chi connectivity index (χ2n) is 8.14. The number of fused-ring (bicyclic) bond motifs is 2. The fraction of sp³-hybridized carbons (Fsp3) is 0.0741. The molecular weight excluding hydrogens is 442 g/mol. The number of thiazole rings is 1. The van der Waals surface area contributed by atoms with Crippen molar-refractivity contribution in [2.75, 3.05) is 0 Å². The zero-order valence-corrected chi connectivity index (χ0v) is 19.3. The molecule has 3 aromatic heterocycles. The number of rotatable bonds is 4. The molecule has 0 unspecified atom stereocenters. The first-order valence-corrected chi connectivity index (χ1v) is 11.8. The van der Waals surface area contributed by atoms with Gasteiger partial charge in [-0.25, -0.2) is 4.98 Å². The lowest BCUT2D eigenvalue weighted by Crippen LogP contribution is -2.19. The maximum Gasteiger partial charge on any atom is 0.282 e. The average molecular weight is 464 g/mol. The van der Waals surface area contributed by atoms with Gasteiger partial charge in [0.25, 0.3) is 5.56 Å². The van der Waals surface area contributed by atoms with Crippen LogP contribution in [0, 0.1) is 6.92 Å². The second kappa shape index (κ2) is 8.06. The van der Waals surface area contributed by atoms with Crippen molar-refractivity contribution < 1.29 is 0 Å². The summed E-state index contributed by atoms with van der Waals surface area (Å²) in [6.45, 7) is 2.33. The van der Waals surface area contributed by atoms with E-state index in [-0.39, 0.29) is 5.56 Å². The molecule has 3 N–H and O–H groups in total. The van der Waals surface area contributed by atoms with Crippen molar-refractivity contribution in [1.82, 2.24) is 19.6 Å². The van der Waals surface area contributed by atoms with Gasteiger partial charge in [0.1, 0.15) is 16.3 Å². The second-order valence-corrected chi connectivity index (χ2v) is 9.26. The van der Waals surface area contributed by atoms with Crippen molar-refractivity contribution in [2.24, 2.45) is 5.73 Å². The molecule has 0 radical (unpaired) electrons. The van der Waals surface area contributed by atoms with Gasteiger partial charge < -0.3 is 10.7 Å². The number of benzene rings is 3. The summed E-state index contributed by atoms with van der Waals surface area (Å²) in [6, 6.07) is 25.9. The Bertz CT molecular complexity index is 1720. The van der Waals surface area contributed by atoms with Crippen LogP contribution in [-0.4, -0.2) is 19.6 Å². The van der Waals surface area contributed by atoms with Crippen LogP contribution in [0.15, 0.2) is 83.7 Å². The Kier molecular flexibility index (Phi) is 4.86. The summed E-state index contributed by atoms with van der Waals surface area (Å²) >= 11 is 1.55. The Morgan fingerprint density at radius 2 is 1.62 bits per heavy atom. The molecule has 0 fully saturated rings. The summed E-state index contributed by atoms with van der Waals surface area (Å²) in [5, 5.41) is 5.69. The Hall–Kier alpha value is -4.07. The van der Waals surface area contributed by atoms with Crippen LogP contribution in [0.4, 0.5) is 0 Å². The molecule has 0 aliphatic rings. The van der Waals surface area contributed by atoms with Gasteiger partial charge in [-0.05, 0) is 30.2 Å². The quantitative estimate of drug-likeness (QED) is 0.366. The third kappa shape index (κ3) is 3.25. The number of hydrogen-bond acceptors (Lipinski definition) is 5.